The third-order valence-corrected chi connectivity index (χ3v) is 3.14. The summed E-state index contributed by atoms with van der Waals surface area (Å²) in [6.45, 7) is 6.45. The fourth-order valence-corrected chi connectivity index (χ4v) is 2.10. The normalized spacial score (nSPS) is 12.1. The van der Waals surface area contributed by atoms with Crippen molar-refractivity contribution in [2.24, 2.45) is 11.1 Å². The van der Waals surface area contributed by atoms with Crippen LogP contribution in [0.1, 0.15) is 19.7 Å². The summed E-state index contributed by atoms with van der Waals surface area (Å²) in [6.07, 6.45) is 0. The number of aromatic nitrogens is 2. The van der Waals surface area contributed by atoms with E-state index in [-0.39, 0.29) is 5.41 Å². The average Bonchev–Trinajstić information content (AvgIpc) is 2.87. The molecule has 0 spiro atoms. The zero-order valence-electron chi connectivity index (χ0n) is 12.3. The molecule has 108 valence electrons. The van der Waals surface area contributed by atoms with E-state index in [0.717, 1.165) is 12.1 Å². The molecule has 2 rings (SSSR count). The van der Waals surface area contributed by atoms with Crippen molar-refractivity contribution in [1.29, 1.82) is 0 Å². The predicted molar refractivity (Wildman–Crippen MR) is 78.9 cm³/mol. The van der Waals surface area contributed by atoms with Crippen molar-refractivity contribution in [2.75, 3.05) is 20.1 Å². The summed E-state index contributed by atoms with van der Waals surface area (Å²) in [7, 11) is 2.03. The van der Waals surface area contributed by atoms with Crippen LogP contribution in [0.15, 0.2) is 34.7 Å². The van der Waals surface area contributed by atoms with Crippen molar-refractivity contribution in [3.63, 3.8) is 0 Å². The van der Waals surface area contributed by atoms with E-state index in [9.17, 15) is 0 Å². The van der Waals surface area contributed by atoms with Crippen LogP contribution < -0.4 is 5.73 Å². The average molecular weight is 274 g/mol. The second-order valence-corrected chi connectivity index (χ2v) is 5.91. The fourth-order valence-electron chi connectivity index (χ4n) is 2.10. The summed E-state index contributed by atoms with van der Waals surface area (Å²) in [5.74, 6) is 1.19. The van der Waals surface area contributed by atoms with E-state index in [1.807, 2.05) is 37.4 Å². The van der Waals surface area contributed by atoms with Gasteiger partial charge in [-0.05, 0) is 31.1 Å². The molecule has 0 fully saturated rings. The highest BCUT2D eigenvalue weighted by atomic mass is 16.4. The largest absolute Gasteiger partial charge is 0.419 e. The first-order valence-corrected chi connectivity index (χ1v) is 6.76. The molecular weight excluding hydrogens is 252 g/mol. The van der Waals surface area contributed by atoms with E-state index < -0.39 is 0 Å². The quantitative estimate of drug-likeness (QED) is 0.874. The third kappa shape index (κ3) is 3.88. The molecule has 0 saturated heterocycles. The van der Waals surface area contributed by atoms with E-state index in [1.165, 1.54) is 0 Å². The Morgan fingerprint density at radius 3 is 2.55 bits per heavy atom. The molecule has 20 heavy (non-hydrogen) atoms. The van der Waals surface area contributed by atoms with Crippen LogP contribution in [0, 0.1) is 5.41 Å². The van der Waals surface area contributed by atoms with Crippen molar-refractivity contribution in [3.8, 4) is 11.5 Å². The fraction of sp³-hybridized carbons (Fsp3) is 0.467. The molecule has 0 aliphatic rings. The number of nitrogens with zero attached hydrogens (tertiary/aromatic N) is 3. The minimum Gasteiger partial charge on any atom is -0.419 e. The minimum atomic E-state index is 0.0804. The van der Waals surface area contributed by atoms with Crippen LogP contribution in [-0.2, 0) is 6.54 Å². The Morgan fingerprint density at radius 2 is 1.90 bits per heavy atom. The van der Waals surface area contributed by atoms with Crippen molar-refractivity contribution < 1.29 is 4.42 Å². The Balaban J connectivity index is 2.00. The molecule has 1 aromatic carbocycles. The molecule has 0 atom stereocenters. The molecule has 2 aromatic rings. The lowest BCUT2D eigenvalue weighted by Crippen LogP contribution is -2.36. The summed E-state index contributed by atoms with van der Waals surface area (Å²) in [5, 5.41) is 8.19. The van der Waals surface area contributed by atoms with Crippen LogP contribution in [0.25, 0.3) is 11.5 Å². The van der Waals surface area contributed by atoms with Gasteiger partial charge in [0.25, 0.3) is 0 Å². The lowest BCUT2D eigenvalue weighted by molar-refractivity contribution is 0.196. The Kier molecular flexibility index (Phi) is 4.52. The summed E-state index contributed by atoms with van der Waals surface area (Å²) >= 11 is 0. The van der Waals surface area contributed by atoms with Crippen molar-refractivity contribution in [1.82, 2.24) is 15.1 Å². The van der Waals surface area contributed by atoms with Crippen LogP contribution in [0.5, 0.6) is 0 Å². The maximum atomic E-state index is 5.75. The maximum Gasteiger partial charge on any atom is 0.247 e. The standard InChI is InChI=1S/C15H22N4O/c1-15(2,10-16)11-19(3)9-13-17-18-14(20-13)12-7-5-4-6-8-12/h4-8H,9-11,16H2,1-3H3. The highest BCUT2D eigenvalue weighted by molar-refractivity contribution is 5.51. The second-order valence-electron chi connectivity index (χ2n) is 5.91. The highest BCUT2D eigenvalue weighted by Gasteiger charge is 2.19. The molecule has 0 bridgehead atoms. The van der Waals surface area contributed by atoms with Crippen LogP contribution >= 0.6 is 0 Å². The first-order chi connectivity index (χ1) is 9.50. The molecule has 0 radical (unpaired) electrons. The van der Waals surface area contributed by atoms with E-state index in [0.29, 0.717) is 24.9 Å². The lowest BCUT2D eigenvalue weighted by Gasteiger charge is -2.27. The highest BCUT2D eigenvalue weighted by Crippen LogP contribution is 2.19. The zero-order valence-corrected chi connectivity index (χ0v) is 12.3. The van der Waals surface area contributed by atoms with Crippen LogP contribution in [0.2, 0.25) is 0 Å². The summed E-state index contributed by atoms with van der Waals surface area (Å²) in [5.41, 5.74) is 6.77. The Hall–Kier alpha value is -1.72. The van der Waals surface area contributed by atoms with Gasteiger partial charge in [-0.1, -0.05) is 32.0 Å². The van der Waals surface area contributed by atoms with Crippen molar-refractivity contribution in [3.05, 3.63) is 36.2 Å². The first kappa shape index (κ1) is 14.7. The Labute approximate surface area is 119 Å². The van der Waals surface area contributed by atoms with Gasteiger partial charge >= 0.3 is 0 Å². The molecule has 0 unspecified atom stereocenters. The molecule has 0 saturated carbocycles. The van der Waals surface area contributed by atoms with Gasteiger partial charge in [0.2, 0.25) is 11.8 Å². The van der Waals surface area contributed by atoms with Gasteiger partial charge in [0.1, 0.15) is 0 Å². The molecule has 5 nitrogen and oxygen atoms in total. The molecule has 0 aliphatic carbocycles. The van der Waals surface area contributed by atoms with Crippen LogP contribution in [-0.4, -0.2) is 35.2 Å². The first-order valence-electron chi connectivity index (χ1n) is 6.76. The maximum absolute atomic E-state index is 5.75. The predicted octanol–water partition coefficient (Wildman–Crippen LogP) is 2.15. The lowest BCUT2D eigenvalue weighted by atomic mass is 9.93. The number of hydrogen-bond donors (Lipinski definition) is 1. The van der Waals surface area contributed by atoms with E-state index >= 15 is 0 Å². The van der Waals surface area contributed by atoms with Crippen molar-refractivity contribution >= 4 is 0 Å². The van der Waals surface area contributed by atoms with E-state index in [4.69, 9.17) is 10.2 Å². The summed E-state index contributed by atoms with van der Waals surface area (Å²) in [6, 6.07) is 9.78. The van der Waals surface area contributed by atoms with Gasteiger partial charge in [-0.25, -0.2) is 0 Å². The topological polar surface area (TPSA) is 68.2 Å². The number of hydrogen-bond acceptors (Lipinski definition) is 5. The van der Waals surface area contributed by atoms with Gasteiger partial charge in [0.15, 0.2) is 0 Å². The van der Waals surface area contributed by atoms with E-state index in [2.05, 4.69) is 28.9 Å². The summed E-state index contributed by atoms with van der Waals surface area (Å²) in [4.78, 5) is 2.15. The molecule has 5 heteroatoms. The molecule has 1 aromatic heterocycles. The van der Waals surface area contributed by atoms with Gasteiger partial charge in [0.05, 0.1) is 6.54 Å². The molecule has 1 heterocycles. The van der Waals surface area contributed by atoms with Gasteiger partial charge < -0.3 is 10.2 Å². The second kappa shape index (κ2) is 6.15. The number of rotatable bonds is 6. The van der Waals surface area contributed by atoms with Crippen LogP contribution in [0.4, 0.5) is 0 Å². The van der Waals surface area contributed by atoms with E-state index in [1.54, 1.807) is 0 Å². The smallest absolute Gasteiger partial charge is 0.247 e. The van der Waals surface area contributed by atoms with Gasteiger partial charge in [-0.15, -0.1) is 10.2 Å². The van der Waals surface area contributed by atoms with Gasteiger partial charge in [-0.3, -0.25) is 4.90 Å². The summed E-state index contributed by atoms with van der Waals surface area (Å²) < 4.78 is 5.69. The molecule has 0 amide bonds. The third-order valence-electron chi connectivity index (χ3n) is 3.14. The Morgan fingerprint density at radius 1 is 1.20 bits per heavy atom. The SMILES string of the molecule is CN(Cc1nnc(-c2ccccc2)o1)CC(C)(C)CN. The van der Waals surface area contributed by atoms with Gasteiger partial charge in [-0.2, -0.15) is 0 Å². The molecular formula is C15H22N4O. The van der Waals surface area contributed by atoms with Gasteiger partial charge in [0, 0.05) is 12.1 Å². The monoisotopic (exact) mass is 274 g/mol. The van der Waals surface area contributed by atoms with Crippen LogP contribution in [0.3, 0.4) is 0 Å². The Bertz CT molecular complexity index is 536. The molecule has 2 N–H and O–H groups in total. The zero-order chi connectivity index (χ0) is 14.6. The number of nitrogens with two attached hydrogens (primary N) is 1. The number of benzene rings is 1. The minimum absolute atomic E-state index is 0.0804. The molecule has 0 aliphatic heterocycles. The van der Waals surface area contributed by atoms with Crippen molar-refractivity contribution in [2.45, 2.75) is 20.4 Å².